The Bertz CT molecular complexity index is 1350. The first-order valence-electron chi connectivity index (χ1n) is 10.9. The van der Waals surface area contributed by atoms with E-state index in [1.54, 1.807) is 0 Å². The minimum atomic E-state index is -0.890. The van der Waals surface area contributed by atoms with E-state index in [1.165, 1.54) is 16.8 Å². The second-order valence-corrected chi connectivity index (χ2v) is 8.52. The Morgan fingerprint density at radius 1 is 1.27 bits per heavy atom. The molecule has 0 spiro atoms. The Kier molecular flexibility index (Phi) is 5.43. The van der Waals surface area contributed by atoms with Crippen molar-refractivity contribution in [3.8, 4) is 0 Å². The third-order valence-corrected chi connectivity index (χ3v) is 5.97. The summed E-state index contributed by atoms with van der Waals surface area (Å²) in [7, 11) is 4.13. The van der Waals surface area contributed by atoms with Crippen molar-refractivity contribution in [1.82, 2.24) is 34.9 Å². The largest absolute Gasteiger partial charge is 0.465 e. The lowest BCUT2D eigenvalue weighted by Gasteiger charge is -2.23. The van der Waals surface area contributed by atoms with Crippen LogP contribution in [0.25, 0.3) is 27.5 Å². The number of benzene rings is 1. The fraction of sp³-hybridized carbons (Fsp3) is 0.304. The van der Waals surface area contributed by atoms with E-state index in [9.17, 15) is 9.90 Å². The number of amides is 1. The maximum Gasteiger partial charge on any atom is 0.407 e. The van der Waals surface area contributed by atoms with Gasteiger partial charge in [-0.05, 0) is 56.3 Å². The van der Waals surface area contributed by atoms with Gasteiger partial charge < -0.3 is 25.2 Å². The van der Waals surface area contributed by atoms with Crippen molar-refractivity contribution in [2.75, 3.05) is 39.0 Å². The maximum atomic E-state index is 11.2. The van der Waals surface area contributed by atoms with Crippen LogP contribution in [0.1, 0.15) is 17.7 Å². The zero-order chi connectivity index (χ0) is 22.9. The van der Waals surface area contributed by atoms with Gasteiger partial charge in [0, 0.05) is 36.4 Å². The van der Waals surface area contributed by atoms with E-state index in [0.29, 0.717) is 25.3 Å². The number of aromatic amines is 2. The highest BCUT2D eigenvalue weighted by molar-refractivity contribution is 5.93. The molecule has 10 heteroatoms. The summed E-state index contributed by atoms with van der Waals surface area (Å²) in [4.78, 5) is 27.0. The second-order valence-electron chi connectivity index (χ2n) is 8.52. The highest BCUT2D eigenvalue weighted by Crippen LogP contribution is 2.30. The zero-order valence-electron chi connectivity index (χ0n) is 18.6. The van der Waals surface area contributed by atoms with Crippen LogP contribution in [0.5, 0.6) is 0 Å². The number of hydrogen-bond donors (Lipinski definition) is 4. The predicted octanol–water partition coefficient (Wildman–Crippen LogP) is 3.45. The molecular weight excluding hydrogens is 420 g/mol. The van der Waals surface area contributed by atoms with E-state index in [1.807, 2.05) is 18.3 Å². The van der Waals surface area contributed by atoms with Gasteiger partial charge in [0.05, 0.1) is 17.1 Å². The van der Waals surface area contributed by atoms with Crippen LogP contribution in [-0.2, 0) is 6.42 Å². The molecule has 170 valence electrons. The van der Waals surface area contributed by atoms with Gasteiger partial charge in [-0.1, -0.05) is 6.08 Å². The molecule has 0 bridgehead atoms. The van der Waals surface area contributed by atoms with E-state index in [-0.39, 0.29) is 0 Å². The fourth-order valence-corrected chi connectivity index (χ4v) is 4.18. The molecule has 0 unspecified atom stereocenters. The summed E-state index contributed by atoms with van der Waals surface area (Å²) in [6.45, 7) is 1.80. The number of anilines is 2. The van der Waals surface area contributed by atoms with Gasteiger partial charge >= 0.3 is 6.09 Å². The number of likely N-dealkylation sites (N-methyl/N-ethyl adjacent to an activating group) is 1. The lowest BCUT2D eigenvalue weighted by Crippen LogP contribution is -2.33. The topological polar surface area (TPSA) is 126 Å². The fourth-order valence-electron chi connectivity index (χ4n) is 4.18. The normalized spacial score (nSPS) is 14.3. The molecule has 4 N–H and O–H groups in total. The van der Waals surface area contributed by atoms with E-state index in [0.717, 1.165) is 51.9 Å². The first-order valence-corrected chi connectivity index (χ1v) is 10.9. The molecule has 1 aromatic carbocycles. The van der Waals surface area contributed by atoms with Gasteiger partial charge in [-0.3, -0.25) is 5.10 Å². The molecule has 0 aliphatic carbocycles. The van der Waals surface area contributed by atoms with Crippen LogP contribution in [-0.4, -0.2) is 79.9 Å². The summed E-state index contributed by atoms with van der Waals surface area (Å²) < 4.78 is 0. The van der Waals surface area contributed by atoms with Crippen molar-refractivity contribution in [2.45, 2.75) is 12.8 Å². The summed E-state index contributed by atoms with van der Waals surface area (Å²) >= 11 is 0. The van der Waals surface area contributed by atoms with Gasteiger partial charge in [0.1, 0.15) is 17.8 Å². The smallest absolute Gasteiger partial charge is 0.407 e. The van der Waals surface area contributed by atoms with Crippen molar-refractivity contribution in [3.63, 3.8) is 0 Å². The first-order chi connectivity index (χ1) is 16.0. The van der Waals surface area contributed by atoms with Gasteiger partial charge in [0.2, 0.25) is 0 Å². The third kappa shape index (κ3) is 4.24. The van der Waals surface area contributed by atoms with Crippen LogP contribution in [0.15, 0.2) is 36.8 Å². The molecule has 1 aliphatic rings. The van der Waals surface area contributed by atoms with Crippen molar-refractivity contribution >= 4 is 45.1 Å². The summed E-state index contributed by atoms with van der Waals surface area (Å²) in [6, 6.07) is 6.22. The minimum absolute atomic E-state index is 0.386. The van der Waals surface area contributed by atoms with Gasteiger partial charge in [0.25, 0.3) is 0 Å². The molecule has 3 aromatic heterocycles. The van der Waals surface area contributed by atoms with E-state index < -0.39 is 6.09 Å². The summed E-state index contributed by atoms with van der Waals surface area (Å²) in [5, 5.41) is 21.9. The number of rotatable bonds is 6. The maximum absolute atomic E-state index is 11.2. The molecule has 1 amide bonds. The van der Waals surface area contributed by atoms with Gasteiger partial charge in [-0.25, -0.2) is 14.8 Å². The molecule has 0 radical (unpaired) electrons. The Morgan fingerprint density at radius 3 is 2.91 bits per heavy atom. The van der Waals surface area contributed by atoms with Gasteiger partial charge in [-0.2, -0.15) is 5.10 Å². The van der Waals surface area contributed by atoms with E-state index in [4.69, 9.17) is 0 Å². The molecule has 0 saturated carbocycles. The van der Waals surface area contributed by atoms with Crippen LogP contribution < -0.4 is 5.32 Å². The Balaban J connectivity index is 1.45. The number of nitrogens with zero attached hydrogens (tertiary/aromatic N) is 5. The molecule has 5 rings (SSSR count). The van der Waals surface area contributed by atoms with Crippen LogP contribution in [0.2, 0.25) is 0 Å². The number of nitrogens with one attached hydrogen (secondary N) is 3. The standard InChI is InChI=1S/C23H26N8O2/c1-30(2)6-3-15-9-17(10-16-12-26-29-20(15)16)27-21-18-11-19(28-22(18)25-13-24-21)14-4-7-31(8-5-14)23(32)33/h4,9-13H,3,5-8H2,1-2H3,(H,26,29)(H,32,33)(H2,24,25,27,28). The van der Waals surface area contributed by atoms with E-state index in [2.05, 4.69) is 61.6 Å². The monoisotopic (exact) mass is 446 g/mol. The molecule has 4 heterocycles. The zero-order valence-corrected chi connectivity index (χ0v) is 18.6. The number of carboxylic acid groups (broad SMARTS) is 1. The highest BCUT2D eigenvalue weighted by atomic mass is 16.4. The van der Waals surface area contributed by atoms with Gasteiger partial charge in [0.15, 0.2) is 0 Å². The van der Waals surface area contributed by atoms with Crippen LogP contribution in [0.4, 0.5) is 16.3 Å². The van der Waals surface area contributed by atoms with Crippen LogP contribution in [0, 0.1) is 0 Å². The first kappa shape index (κ1) is 21.0. The van der Waals surface area contributed by atoms with Crippen LogP contribution in [0.3, 0.4) is 0 Å². The molecule has 10 nitrogen and oxygen atoms in total. The average molecular weight is 447 g/mol. The number of H-pyrrole nitrogens is 2. The minimum Gasteiger partial charge on any atom is -0.465 e. The van der Waals surface area contributed by atoms with Crippen molar-refractivity contribution < 1.29 is 9.90 Å². The molecule has 0 fully saturated rings. The lowest BCUT2D eigenvalue weighted by atomic mass is 10.1. The number of fused-ring (bicyclic) bond motifs is 2. The Labute approximate surface area is 190 Å². The highest BCUT2D eigenvalue weighted by Gasteiger charge is 2.19. The Hall–Kier alpha value is -3.92. The van der Waals surface area contributed by atoms with Crippen molar-refractivity contribution in [3.05, 3.63) is 48.1 Å². The summed E-state index contributed by atoms with van der Waals surface area (Å²) in [5.74, 6) is 0.715. The predicted molar refractivity (Wildman–Crippen MR) is 128 cm³/mol. The Morgan fingerprint density at radius 2 is 2.15 bits per heavy atom. The number of carbonyl (C=O) groups is 1. The molecule has 4 aromatic rings. The second kappa shape index (κ2) is 8.55. The molecule has 33 heavy (non-hydrogen) atoms. The summed E-state index contributed by atoms with van der Waals surface area (Å²) in [6.07, 6.45) is 5.98. The van der Waals surface area contributed by atoms with Crippen molar-refractivity contribution in [2.24, 2.45) is 0 Å². The molecule has 0 saturated heterocycles. The summed E-state index contributed by atoms with van der Waals surface area (Å²) in [5.41, 5.74) is 5.95. The van der Waals surface area contributed by atoms with Gasteiger partial charge in [-0.15, -0.1) is 0 Å². The molecule has 1 aliphatic heterocycles. The number of aromatic nitrogens is 5. The van der Waals surface area contributed by atoms with Crippen LogP contribution >= 0.6 is 0 Å². The van der Waals surface area contributed by atoms with E-state index >= 15 is 0 Å². The SMILES string of the molecule is CN(C)CCc1cc(Nc2ncnc3[nH]c(C4=CCN(C(=O)O)CC4)cc23)cc2cn[nH]c12. The molecule has 0 atom stereocenters. The number of hydrogen-bond acceptors (Lipinski definition) is 6. The quantitative estimate of drug-likeness (QED) is 0.357. The van der Waals surface area contributed by atoms with Crippen molar-refractivity contribution in [1.29, 1.82) is 0 Å². The lowest BCUT2D eigenvalue weighted by molar-refractivity contribution is 0.150. The molecular formula is C23H26N8O2. The third-order valence-electron chi connectivity index (χ3n) is 5.97. The average Bonchev–Trinajstić information content (AvgIpc) is 3.45.